The van der Waals surface area contributed by atoms with Crippen molar-refractivity contribution in [2.75, 3.05) is 19.3 Å². The summed E-state index contributed by atoms with van der Waals surface area (Å²) in [6.45, 7) is 1.59. The molecule has 0 unspecified atom stereocenters. The Morgan fingerprint density at radius 2 is 1.94 bits per heavy atom. The van der Waals surface area contributed by atoms with Crippen LogP contribution in [0, 0.1) is 5.82 Å². The summed E-state index contributed by atoms with van der Waals surface area (Å²) >= 11 is 1.45. The summed E-state index contributed by atoms with van der Waals surface area (Å²) in [6.07, 6.45) is 5.17. The van der Waals surface area contributed by atoms with Gasteiger partial charge in [-0.25, -0.2) is 4.39 Å². The molecule has 1 aromatic carbocycles. The van der Waals surface area contributed by atoms with Crippen LogP contribution in [0.3, 0.4) is 0 Å². The lowest BCUT2D eigenvalue weighted by Crippen LogP contribution is -2.35. The fourth-order valence-corrected chi connectivity index (χ4v) is 2.56. The molecule has 0 radical (unpaired) electrons. The number of amides is 1. The highest BCUT2D eigenvalue weighted by molar-refractivity contribution is 7.98. The number of thioether (sulfide) groups is 1. The third kappa shape index (κ3) is 3.00. The molecular weight excluding hydrogens is 237 g/mol. The Kier molecular flexibility index (Phi) is 4.05. The van der Waals surface area contributed by atoms with Gasteiger partial charge in [-0.1, -0.05) is 0 Å². The molecule has 17 heavy (non-hydrogen) atoms. The van der Waals surface area contributed by atoms with E-state index in [0.717, 1.165) is 30.8 Å². The first-order chi connectivity index (χ1) is 8.20. The maximum absolute atomic E-state index is 13.4. The average Bonchev–Trinajstić information content (AvgIpc) is 2.38. The van der Waals surface area contributed by atoms with Gasteiger partial charge in [-0.3, -0.25) is 4.79 Å². The molecule has 0 bridgehead atoms. The van der Waals surface area contributed by atoms with Crippen LogP contribution in [0.2, 0.25) is 0 Å². The highest BCUT2D eigenvalue weighted by Crippen LogP contribution is 2.20. The largest absolute Gasteiger partial charge is 0.339 e. The Bertz CT molecular complexity index is 416. The van der Waals surface area contributed by atoms with Gasteiger partial charge in [0.2, 0.25) is 0 Å². The van der Waals surface area contributed by atoms with E-state index >= 15 is 0 Å². The predicted octanol–water partition coefficient (Wildman–Crippen LogP) is 3.17. The standard InChI is InChI=1S/C13H16FNOS/c1-17-12-8-10(7-11(14)9-12)13(16)15-5-3-2-4-6-15/h7-9H,2-6H2,1H3. The van der Waals surface area contributed by atoms with E-state index in [2.05, 4.69) is 0 Å². The highest BCUT2D eigenvalue weighted by atomic mass is 32.2. The van der Waals surface area contributed by atoms with Gasteiger partial charge < -0.3 is 4.90 Å². The highest BCUT2D eigenvalue weighted by Gasteiger charge is 2.18. The number of carbonyl (C=O) groups is 1. The van der Waals surface area contributed by atoms with Gasteiger partial charge in [-0.2, -0.15) is 0 Å². The van der Waals surface area contributed by atoms with Gasteiger partial charge in [0.25, 0.3) is 5.91 Å². The molecular formula is C13H16FNOS. The van der Waals surface area contributed by atoms with E-state index in [1.165, 1.54) is 30.3 Å². The Labute approximate surface area is 105 Å². The predicted molar refractivity (Wildman–Crippen MR) is 67.9 cm³/mol. The topological polar surface area (TPSA) is 20.3 Å². The second-order valence-electron chi connectivity index (χ2n) is 4.23. The van der Waals surface area contributed by atoms with Crippen LogP contribution in [0.1, 0.15) is 29.6 Å². The second-order valence-corrected chi connectivity index (χ2v) is 5.11. The number of hydrogen-bond donors (Lipinski definition) is 0. The van der Waals surface area contributed by atoms with Gasteiger partial charge in [0, 0.05) is 23.5 Å². The maximum Gasteiger partial charge on any atom is 0.253 e. The maximum atomic E-state index is 13.4. The van der Waals surface area contributed by atoms with Crippen LogP contribution in [0.4, 0.5) is 4.39 Å². The molecule has 0 spiro atoms. The summed E-state index contributed by atoms with van der Waals surface area (Å²) in [6, 6.07) is 4.55. The molecule has 1 amide bonds. The second kappa shape index (κ2) is 5.54. The van der Waals surface area contributed by atoms with E-state index in [1.807, 2.05) is 11.2 Å². The average molecular weight is 253 g/mol. The lowest BCUT2D eigenvalue weighted by molar-refractivity contribution is 0.0723. The Hall–Kier alpha value is -1.03. The molecule has 1 aliphatic rings. The van der Waals surface area contributed by atoms with Crippen LogP contribution < -0.4 is 0 Å². The summed E-state index contributed by atoms with van der Waals surface area (Å²) in [5.41, 5.74) is 0.469. The minimum absolute atomic E-state index is 0.0421. The van der Waals surface area contributed by atoms with E-state index in [1.54, 1.807) is 6.07 Å². The molecule has 0 aromatic heterocycles. The molecule has 2 nitrogen and oxygen atoms in total. The van der Waals surface area contributed by atoms with E-state index in [0.29, 0.717) is 5.56 Å². The van der Waals surface area contributed by atoms with Gasteiger partial charge in [0.15, 0.2) is 0 Å². The molecule has 92 valence electrons. The van der Waals surface area contributed by atoms with Crippen LogP contribution in [-0.4, -0.2) is 30.2 Å². The smallest absolute Gasteiger partial charge is 0.253 e. The van der Waals surface area contributed by atoms with Crippen LogP contribution in [-0.2, 0) is 0 Å². The number of piperidine rings is 1. The summed E-state index contributed by atoms with van der Waals surface area (Å²) in [7, 11) is 0. The first kappa shape index (κ1) is 12.4. The fourth-order valence-electron chi connectivity index (χ4n) is 2.08. The number of benzene rings is 1. The quantitative estimate of drug-likeness (QED) is 0.754. The van der Waals surface area contributed by atoms with E-state index < -0.39 is 0 Å². The van der Waals surface area contributed by atoms with Crippen molar-refractivity contribution in [1.29, 1.82) is 0 Å². The van der Waals surface area contributed by atoms with Crippen molar-refractivity contribution in [1.82, 2.24) is 4.90 Å². The van der Waals surface area contributed by atoms with Crippen LogP contribution >= 0.6 is 11.8 Å². The summed E-state index contributed by atoms with van der Waals surface area (Å²) in [5, 5.41) is 0. The molecule has 2 rings (SSSR count). The first-order valence-electron chi connectivity index (χ1n) is 5.84. The van der Waals surface area contributed by atoms with E-state index in [-0.39, 0.29) is 11.7 Å². The molecule has 0 saturated carbocycles. The van der Waals surface area contributed by atoms with E-state index in [9.17, 15) is 9.18 Å². The molecule has 0 atom stereocenters. The molecule has 1 aromatic rings. The van der Waals surface area contributed by atoms with Gasteiger partial charge in [-0.15, -0.1) is 11.8 Å². The number of rotatable bonds is 2. The number of carbonyl (C=O) groups excluding carboxylic acids is 1. The van der Waals surface area contributed by atoms with Crippen molar-refractivity contribution in [2.45, 2.75) is 24.2 Å². The number of hydrogen-bond acceptors (Lipinski definition) is 2. The van der Waals surface area contributed by atoms with Crippen molar-refractivity contribution in [3.8, 4) is 0 Å². The van der Waals surface area contributed by atoms with Gasteiger partial charge in [0.1, 0.15) is 5.82 Å². The van der Waals surface area contributed by atoms with Crippen LogP contribution in [0.25, 0.3) is 0 Å². The first-order valence-corrected chi connectivity index (χ1v) is 7.07. The molecule has 4 heteroatoms. The summed E-state index contributed by atoms with van der Waals surface area (Å²) < 4.78 is 13.4. The zero-order chi connectivity index (χ0) is 12.3. The Morgan fingerprint density at radius 1 is 1.24 bits per heavy atom. The zero-order valence-corrected chi connectivity index (χ0v) is 10.7. The van der Waals surface area contributed by atoms with E-state index in [4.69, 9.17) is 0 Å². The van der Waals surface area contributed by atoms with Gasteiger partial charge in [0.05, 0.1) is 0 Å². The van der Waals surface area contributed by atoms with Crippen molar-refractivity contribution >= 4 is 17.7 Å². The fraction of sp³-hybridized carbons (Fsp3) is 0.462. The minimum Gasteiger partial charge on any atom is -0.339 e. The van der Waals surface area contributed by atoms with Gasteiger partial charge in [-0.05, 0) is 43.7 Å². The van der Waals surface area contributed by atoms with Crippen LogP contribution in [0.5, 0.6) is 0 Å². The normalized spacial score (nSPS) is 16.0. The van der Waals surface area contributed by atoms with Crippen molar-refractivity contribution in [3.63, 3.8) is 0 Å². The summed E-state index contributed by atoms with van der Waals surface area (Å²) in [5.74, 6) is -0.378. The third-order valence-electron chi connectivity index (χ3n) is 3.00. The minimum atomic E-state index is -0.336. The molecule has 1 heterocycles. The van der Waals surface area contributed by atoms with Gasteiger partial charge >= 0.3 is 0 Å². The van der Waals surface area contributed by atoms with Crippen molar-refractivity contribution < 1.29 is 9.18 Å². The number of likely N-dealkylation sites (tertiary alicyclic amines) is 1. The van der Waals surface area contributed by atoms with Crippen molar-refractivity contribution in [2.24, 2.45) is 0 Å². The lowest BCUT2D eigenvalue weighted by atomic mass is 10.1. The number of halogens is 1. The molecule has 1 saturated heterocycles. The Balaban J connectivity index is 2.20. The molecule has 0 aliphatic carbocycles. The molecule has 1 aliphatic heterocycles. The van der Waals surface area contributed by atoms with Crippen LogP contribution in [0.15, 0.2) is 23.1 Å². The van der Waals surface area contributed by atoms with Crippen molar-refractivity contribution in [3.05, 3.63) is 29.6 Å². The third-order valence-corrected chi connectivity index (χ3v) is 3.70. The summed E-state index contributed by atoms with van der Waals surface area (Å²) in [4.78, 5) is 14.8. The zero-order valence-electron chi connectivity index (χ0n) is 9.91. The Morgan fingerprint density at radius 3 is 2.59 bits per heavy atom. The monoisotopic (exact) mass is 253 g/mol. The SMILES string of the molecule is CSc1cc(F)cc(C(=O)N2CCCCC2)c1. The molecule has 0 N–H and O–H groups in total. The number of nitrogens with zero attached hydrogens (tertiary/aromatic N) is 1. The lowest BCUT2D eigenvalue weighted by Gasteiger charge is -2.26. The molecule has 1 fully saturated rings.